The third kappa shape index (κ3) is 1.82. The smallest absolute Gasteiger partial charge is 0.311 e. The Labute approximate surface area is 84.7 Å². The second-order valence-electron chi connectivity index (χ2n) is 4.69. The average molecular weight is 220 g/mol. The molecule has 0 aliphatic carbocycles. The van der Waals surface area contributed by atoms with Gasteiger partial charge in [0.15, 0.2) is 0 Å². The van der Waals surface area contributed by atoms with Crippen molar-refractivity contribution < 1.29 is 9.90 Å². The van der Waals surface area contributed by atoms with Gasteiger partial charge in [-0.2, -0.15) is 0 Å². The van der Waals surface area contributed by atoms with E-state index in [-0.39, 0.29) is 10.8 Å². The Morgan fingerprint density at radius 3 is 2.38 bits per heavy atom. The maximum absolute atomic E-state index is 11.0. The second kappa shape index (κ2) is 3.36. The van der Waals surface area contributed by atoms with Gasteiger partial charge in [0.1, 0.15) is 0 Å². The average Bonchev–Trinajstić information content (AvgIpc) is 2.30. The van der Waals surface area contributed by atoms with Gasteiger partial charge in [-0.25, -0.2) is 0 Å². The molecule has 13 heavy (non-hydrogen) atoms. The fourth-order valence-electron chi connectivity index (χ4n) is 1.99. The quantitative estimate of drug-likeness (QED) is 0.690. The molecule has 0 unspecified atom stereocenters. The lowest BCUT2D eigenvalue weighted by molar-refractivity contribution is -0.136. The van der Waals surface area contributed by atoms with Crippen molar-refractivity contribution >= 4 is 23.8 Å². The van der Waals surface area contributed by atoms with Crippen molar-refractivity contribution in [3.8, 4) is 0 Å². The Hall–Kier alpha value is 0.120. The SMILES string of the molecule is CC(C)(C)[P@@]1(=S)CCC[C@@H]1C(=O)O. The van der Waals surface area contributed by atoms with Gasteiger partial charge in [-0.15, -0.1) is 0 Å². The van der Waals surface area contributed by atoms with Crippen molar-refractivity contribution in [2.45, 2.75) is 44.4 Å². The number of aliphatic carboxylic acids is 1. The van der Waals surface area contributed by atoms with Crippen LogP contribution in [0.25, 0.3) is 0 Å². The van der Waals surface area contributed by atoms with E-state index in [1.807, 2.05) is 0 Å². The standard InChI is InChI=1S/C9H17O2PS/c1-9(2,3)12(13)6-4-5-7(12)8(10)11/h7H,4-6H2,1-3H3,(H,10,11)/t7-,12-/m1/s1. The first kappa shape index (κ1) is 11.2. The van der Waals surface area contributed by atoms with Crippen LogP contribution in [-0.2, 0) is 16.6 Å². The van der Waals surface area contributed by atoms with Crippen LogP contribution in [0.1, 0.15) is 33.6 Å². The molecular weight excluding hydrogens is 203 g/mol. The molecule has 0 aromatic carbocycles. The zero-order chi connectivity index (χ0) is 10.3. The fraction of sp³-hybridized carbons (Fsp3) is 0.889. The summed E-state index contributed by atoms with van der Waals surface area (Å²) in [6.07, 6.45) is 2.78. The Balaban J connectivity index is 3.02. The number of rotatable bonds is 1. The predicted octanol–water partition coefficient (Wildman–Crippen LogP) is 2.51. The lowest BCUT2D eigenvalue weighted by Gasteiger charge is -2.34. The molecule has 1 aliphatic heterocycles. The molecule has 1 N–H and O–H groups in total. The van der Waals surface area contributed by atoms with Crippen molar-refractivity contribution in [3.63, 3.8) is 0 Å². The minimum Gasteiger partial charge on any atom is -0.481 e. The molecule has 2 nitrogen and oxygen atoms in total. The van der Waals surface area contributed by atoms with E-state index in [9.17, 15) is 4.79 Å². The van der Waals surface area contributed by atoms with Crippen molar-refractivity contribution in [1.82, 2.24) is 0 Å². The second-order valence-corrected chi connectivity index (χ2v) is 10.6. The molecular formula is C9H17O2PS. The van der Waals surface area contributed by atoms with Gasteiger partial charge in [-0.05, 0) is 30.2 Å². The van der Waals surface area contributed by atoms with E-state index in [4.69, 9.17) is 16.9 Å². The number of hydrogen-bond donors (Lipinski definition) is 1. The van der Waals surface area contributed by atoms with E-state index < -0.39 is 12.0 Å². The summed E-state index contributed by atoms with van der Waals surface area (Å²) in [7, 11) is 0. The van der Waals surface area contributed by atoms with E-state index in [0.717, 1.165) is 19.0 Å². The minimum atomic E-state index is -1.69. The van der Waals surface area contributed by atoms with Gasteiger partial charge >= 0.3 is 5.97 Å². The fourth-order valence-corrected chi connectivity index (χ4v) is 6.49. The first-order chi connectivity index (χ1) is 5.79. The highest BCUT2D eigenvalue weighted by Crippen LogP contribution is 2.66. The van der Waals surface area contributed by atoms with E-state index >= 15 is 0 Å². The molecule has 0 aromatic heterocycles. The lowest BCUT2D eigenvalue weighted by atomic mass is 10.2. The Bertz CT molecular complexity index is 267. The highest BCUT2D eigenvalue weighted by molar-refractivity contribution is 8.16. The molecule has 0 saturated carbocycles. The largest absolute Gasteiger partial charge is 0.481 e. The van der Waals surface area contributed by atoms with Crippen LogP contribution < -0.4 is 0 Å². The molecule has 4 heteroatoms. The molecule has 1 fully saturated rings. The highest BCUT2D eigenvalue weighted by atomic mass is 32.4. The van der Waals surface area contributed by atoms with Crippen LogP contribution in [0, 0.1) is 0 Å². The van der Waals surface area contributed by atoms with Crippen LogP contribution in [0.3, 0.4) is 0 Å². The van der Waals surface area contributed by atoms with Crippen LogP contribution in [0.15, 0.2) is 0 Å². The van der Waals surface area contributed by atoms with Gasteiger partial charge in [-0.1, -0.05) is 32.6 Å². The molecule has 1 heterocycles. The van der Waals surface area contributed by atoms with Crippen molar-refractivity contribution in [1.29, 1.82) is 0 Å². The van der Waals surface area contributed by atoms with Gasteiger partial charge in [-0.3, -0.25) is 4.79 Å². The van der Waals surface area contributed by atoms with Crippen molar-refractivity contribution in [2.24, 2.45) is 0 Å². The molecule has 1 aliphatic rings. The molecule has 1 rings (SSSR count). The molecule has 0 radical (unpaired) electrons. The number of carboxylic acids is 1. The Morgan fingerprint density at radius 2 is 2.08 bits per heavy atom. The van der Waals surface area contributed by atoms with Crippen molar-refractivity contribution in [2.75, 3.05) is 6.16 Å². The number of hydrogen-bond acceptors (Lipinski definition) is 2. The molecule has 0 spiro atoms. The first-order valence-electron chi connectivity index (χ1n) is 4.61. The maximum Gasteiger partial charge on any atom is 0.311 e. The first-order valence-corrected chi connectivity index (χ1v) is 7.66. The third-order valence-corrected chi connectivity index (χ3v) is 10.6. The van der Waals surface area contributed by atoms with Crippen LogP contribution in [0.2, 0.25) is 0 Å². The van der Waals surface area contributed by atoms with E-state index in [2.05, 4.69) is 20.8 Å². The summed E-state index contributed by atoms with van der Waals surface area (Å²) in [6, 6.07) is -1.69. The summed E-state index contributed by atoms with van der Waals surface area (Å²) in [5.74, 6) is -0.671. The minimum absolute atomic E-state index is 0.0158. The van der Waals surface area contributed by atoms with Crippen molar-refractivity contribution in [3.05, 3.63) is 0 Å². The topological polar surface area (TPSA) is 37.3 Å². The molecule has 1 saturated heterocycles. The highest BCUT2D eigenvalue weighted by Gasteiger charge is 2.45. The summed E-state index contributed by atoms with van der Waals surface area (Å²) in [5.41, 5.74) is -0.220. The normalized spacial score (nSPS) is 34.8. The van der Waals surface area contributed by atoms with Crippen LogP contribution in [-0.4, -0.2) is 28.1 Å². The Morgan fingerprint density at radius 1 is 1.54 bits per heavy atom. The maximum atomic E-state index is 11.0. The van der Waals surface area contributed by atoms with Gasteiger partial charge in [0.05, 0.1) is 5.66 Å². The van der Waals surface area contributed by atoms with Crippen LogP contribution >= 0.6 is 6.04 Å². The summed E-state index contributed by atoms with van der Waals surface area (Å²) in [6.45, 7) is 6.28. The van der Waals surface area contributed by atoms with Gasteiger partial charge in [0.25, 0.3) is 0 Å². The molecule has 0 bridgehead atoms. The molecule has 0 aromatic rings. The van der Waals surface area contributed by atoms with E-state index in [1.165, 1.54) is 0 Å². The molecule has 76 valence electrons. The monoisotopic (exact) mass is 220 g/mol. The summed E-state index contributed by atoms with van der Waals surface area (Å²) < 4.78 is 0. The molecule has 2 atom stereocenters. The Kier molecular flexibility index (Phi) is 2.89. The van der Waals surface area contributed by atoms with Gasteiger partial charge in [0.2, 0.25) is 0 Å². The summed E-state index contributed by atoms with van der Waals surface area (Å²) >= 11 is 5.63. The lowest BCUT2D eigenvalue weighted by Crippen LogP contribution is -2.26. The zero-order valence-electron chi connectivity index (χ0n) is 8.41. The number of carbonyl (C=O) groups is 1. The summed E-state index contributed by atoms with van der Waals surface area (Å²) in [5, 5.41) is 9.09. The third-order valence-electron chi connectivity index (χ3n) is 2.89. The zero-order valence-corrected chi connectivity index (χ0v) is 10.1. The number of carboxylic acid groups (broad SMARTS) is 1. The summed E-state index contributed by atoms with van der Waals surface area (Å²) in [4.78, 5) is 11.0. The predicted molar refractivity (Wildman–Crippen MR) is 59.6 cm³/mol. The van der Waals surface area contributed by atoms with Crippen LogP contribution in [0.5, 0.6) is 0 Å². The van der Waals surface area contributed by atoms with E-state index in [1.54, 1.807) is 0 Å². The van der Waals surface area contributed by atoms with E-state index in [0.29, 0.717) is 0 Å². The van der Waals surface area contributed by atoms with Gasteiger partial charge < -0.3 is 5.11 Å². The molecule has 0 amide bonds. The van der Waals surface area contributed by atoms with Crippen LogP contribution in [0.4, 0.5) is 0 Å². The van der Waals surface area contributed by atoms with Gasteiger partial charge in [0, 0.05) is 0 Å².